The second-order valence-electron chi connectivity index (χ2n) is 9.98. The molecule has 1 aliphatic rings. The Labute approximate surface area is 292 Å². The van der Waals surface area contributed by atoms with Gasteiger partial charge in [0.2, 0.25) is 0 Å². The maximum Gasteiger partial charge on any atom is 0.338 e. The summed E-state index contributed by atoms with van der Waals surface area (Å²) < 4.78 is 25.4. The van der Waals surface area contributed by atoms with Crippen LogP contribution in [0, 0.1) is 0 Å². The van der Waals surface area contributed by atoms with Gasteiger partial charge in [-0.3, -0.25) is 9.36 Å². The number of ether oxygens (including phenoxy) is 4. The summed E-state index contributed by atoms with van der Waals surface area (Å²) in [5, 5.41) is 1.33. The van der Waals surface area contributed by atoms with E-state index in [1.165, 1.54) is 23.0 Å². The van der Waals surface area contributed by atoms with Crippen LogP contribution in [0.15, 0.2) is 74.1 Å². The summed E-state index contributed by atoms with van der Waals surface area (Å²) >= 11 is 23.4. The largest absolute Gasteiger partial charge is 0.493 e. The van der Waals surface area contributed by atoms with E-state index >= 15 is 0 Å². The van der Waals surface area contributed by atoms with Crippen LogP contribution in [-0.2, 0) is 16.1 Å². The lowest BCUT2D eigenvalue weighted by molar-refractivity contribution is -0.139. The molecule has 4 aromatic rings. The normalized spacial score (nSPS) is 14.5. The standard InChI is InChI=1S/C33H28BrCl3N2O6S/c1-5-43-27-15-22(34)21(14-26(27)42-4)30-29(32(41)44-6-2)17(3)38-33-39(30)31(40)28(46-33)13-19-12-20(35)8-10-25(19)45-16-18-7-9-23(36)24(37)11-18/h7-15,30H,5-6,16H2,1-4H3/b28-13+/t30-/m0/s1. The van der Waals surface area contributed by atoms with Gasteiger partial charge in [-0.05, 0) is 80.4 Å². The third kappa shape index (κ3) is 7.01. The Morgan fingerprint density at radius 1 is 1.00 bits per heavy atom. The Morgan fingerprint density at radius 3 is 2.48 bits per heavy atom. The number of halogens is 4. The van der Waals surface area contributed by atoms with Crippen molar-refractivity contribution in [2.75, 3.05) is 20.3 Å². The number of hydrogen-bond acceptors (Lipinski definition) is 8. The molecule has 0 spiro atoms. The van der Waals surface area contributed by atoms with E-state index in [0.717, 1.165) is 5.56 Å². The highest BCUT2D eigenvalue weighted by atomic mass is 79.9. The zero-order valence-corrected chi connectivity index (χ0v) is 29.8. The molecule has 0 radical (unpaired) electrons. The summed E-state index contributed by atoms with van der Waals surface area (Å²) in [5.74, 6) is 0.888. The molecule has 0 amide bonds. The number of benzene rings is 3. The fourth-order valence-corrected chi connectivity index (χ4v) is 7.05. The predicted octanol–water partition coefficient (Wildman–Crippen LogP) is 7.51. The molecule has 0 N–H and O–H groups in total. The lowest BCUT2D eigenvalue weighted by Crippen LogP contribution is -2.40. The Hall–Kier alpha value is -3.28. The van der Waals surface area contributed by atoms with Crippen LogP contribution in [0.2, 0.25) is 15.1 Å². The van der Waals surface area contributed by atoms with Crippen molar-refractivity contribution in [1.82, 2.24) is 4.57 Å². The number of carbonyl (C=O) groups excluding carboxylic acids is 1. The Bertz CT molecular complexity index is 2040. The van der Waals surface area contributed by atoms with Crippen molar-refractivity contribution in [3.05, 3.63) is 116 Å². The maximum absolute atomic E-state index is 14.2. The van der Waals surface area contributed by atoms with Crippen LogP contribution >= 0.6 is 62.1 Å². The summed E-state index contributed by atoms with van der Waals surface area (Å²) in [7, 11) is 1.53. The van der Waals surface area contributed by atoms with Gasteiger partial charge in [-0.25, -0.2) is 9.79 Å². The third-order valence-electron chi connectivity index (χ3n) is 7.03. The minimum atomic E-state index is -0.874. The third-order valence-corrected chi connectivity index (χ3v) is 9.68. The first-order valence-corrected chi connectivity index (χ1v) is 16.9. The number of methoxy groups -OCH3 is 1. The van der Waals surface area contributed by atoms with Gasteiger partial charge in [0.25, 0.3) is 5.56 Å². The van der Waals surface area contributed by atoms with Crippen molar-refractivity contribution >= 4 is 74.1 Å². The van der Waals surface area contributed by atoms with Crippen LogP contribution in [0.4, 0.5) is 0 Å². The predicted molar refractivity (Wildman–Crippen MR) is 185 cm³/mol. The SMILES string of the molecule is CCOC(=O)C1=C(C)N=c2s/c(=C/c3cc(Cl)ccc3OCc3ccc(Cl)c(Cl)c3)c(=O)n2[C@H]1c1cc(OC)c(OCC)cc1Br. The fraction of sp³-hybridized carbons (Fsp3) is 0.242. The molecule has 1 aromatic heterocycles. The van der Waals surface area contributed by atoms with Crippen molar-refractivity contribution in [1.29, 1.82) is 0 Å². The van der Waals surface area contributed by atoms with Gasteiger partial charge in [-0.15, -0.1) is 0 Å². The number of allylic oxidation sites excluding steroid dienone is 1. The number of nitrogens with zero attached hydrogens (tertiary/aromatic N) is 2. The maximum atomic E-state index is 14.2. The molecule has 0 bridgehead atoms. The Kier molecular flexibility index (Phi) is 10.8. The van der Waals surface area contributed by atoms with E-state index in [1.807, 2.05) is 13.0 Å². The summed E-state index contributed by atoms with van der Waals surface area (Å²) in [6.45, 7) is 6.10. The number of esters is 1. The highest BCUT2D eigenvalue weighted by molar-refractivity contribution is 9.10. The molecule has 3 aromatic carbocycles. The average molecular weight is 767 g/mol. The van der Waals surface area contributed by atoms with E-state index in [1.54, 1.807) is 62.4 Å². The van der Waals surface area contributed by atoms with E-state index in [2.05, 4.69) is 20.9 Å². The molecule has 0 fully saturated rings. The topological polar surface area (TPSA) is 88.4 Å². The quantitative estimate of drug-likeness (QED) is 0.156. The summed E-state index contributed by atoms with van der Waals surface area (Å²) in [6.07, 6.45) is 1.70. The lowest BCUT2D eigenvalue weighted by atomic mass is 9.95. The van der Waals surface area contributed by atoms with E-state index in [9.17, 15) is 9.59 Å². The zero-order valence-electron chi connectivity index (χ0n) is 25.2. The molecular weight excluding hydrogens is 739 g/mol. The summed E-state index contributed by atoms with van der Waals surface area (Å²) in [6, 6.07) is 13.0. The van der Waals surface area contributed by atoms with E-state index in [0.29, 0.717) is 69.6 Å². The monoisotopic (exact) mass is 764 g/mol. The van der Waals surface area contributed by atoms with Gasteiger partial charge in [-0.1, -0.05) is 68.1 Å². The number of thiazole rings is 1. The molecule has 0 saturated heterocycles. The molecule has 0 unspecified atom stereocenters. The van der Waals surface area contributed by atoms with Crippen LogP contribution in [-0.4, -0.2) is 30.9 Å². The van der Waals surface area contributed by atoms with Gasteiger partial charge >= 0.3 is 5.97 Å². The molecular formula is C33H28BrCl3N2O6S. The van der Waals surface area contributed by atoms with Crippen molar-refractivity contribution in [3.8, 4) is 17.2 Å². The van der Waals surface area contributed by atoms with E-state index in [4.69, 9.17) is 53.8 Å². The summed E-state index contributed by atoms with van der Waals surface area (Å²) in [4.78, 5) is 32.7. The average Bonchev–Trinajstić information content (AvgIpc) is 3.32. The van der Waals surface area contributed by atoms with Gasteiger partial charge in [-0.2, -0.15) is 0 Å². The number of hydrogen-bond donors (Lipinski definition) is 0. The summed E-state index contributed by atoms with van der Waals surface area (Å²) in [5.41, 5.74) is 2.30. The first-order valence-electron chi connectivity index (χ1n) is 14.1. The van der Waals surface area contributed by atoms with Gasteiger partial charge < -0.3 is 18.9 Å². The smallest absolute Gasteiger partial charge is 0.338 e. The van der Waals surface area contributed by atoms with Gasteiger partial charge in [0.05, 0.1) is 52.2 Å². The first kappa shape index (κ1) is 34.1. The highest BCUT2D eigenvalue weighted by Crippen LogP contribution is 2.41. The molecule has 1 aliphatic heterocycles. The molecule has 2 heterocycles. The van der Waals surface area contributed by atoms with Crippen LogP contribution in [0.3, 0.4) is 0 Å². The molecule has 1 atom stereocenters. The Balaban J connectivity index is 1.66. The number of rotatable bonds is 10. The molecule has 5 rings (SSSR count). The van der Waals surface area contributed by atoms with Crippen molar-refractivity contribution < 1.29 is 23.7 Å². The fourth-order valence-electron chi connectivity index (χ4n) is 4.97. The van der Waals surface area contributed by atoms with Crippen LogP contribution in [0.25, 0.3) is 6.08 Å². The number of fused-ring (bicyclic) bond motifs is 1. The van der Waals surface area contributed by atoms with Crippen molar-refractivity contribution in [3.63, 3.8) is 0 Å². The highest BCUT2D eigenvalue weighted by Gasteiger charge is 2.35. The minimum absolute atomic E-state index is 0.153. The lowest BCUT2D eigenvalue weighted by Gasteiger charge is -2.26. The van der Waals surface area contributed by atoms with E-state index in [-0.39, 0.29) is 24.3 Å². The van der Waals surface area contributed by atoms with Crippen LogP contribution in [0.1, 0.15) is 43.5 Å². The van der Waals surface area contributed by atoms with Gasteiger partial charge in [0, 0.05) is 15.1 Å². The zero-order chi connectivity index (χ0) is 33.1. The van der Waals surface area contributed by atoms with E-state index < -0.39 is 12.0 Å². The van der Waals surface area contributed by atoms with Crippen LogP contribution < -0.4 is 29.1 Å². The molecule has 46 heavy (non-hydrogen) atoms. The molecule has 0 saturated carbocycles. The first-order chi connectivity index (χ1) is 22.1. The van der Waals surface area contributed by atoms with Crippen molar-refractivity contribution in [2.45, 2.75) is 33.4 Å². The number of carbonyl (C=O) groups is 1. The molecule has 8 nitrogen and oxygen atoms in total. The Morgan fingerprint density at radius 2 is 1.78 bits per heavy atom. The molecule has 240 valence electrons. The number of aromatic nitrogens is 1. The second-order valence-corrected chi connectivity index (χ2v) is 13.1. The molecule has 0 aliphatic carbocycles. The minimum Gasteiger partial charge on any atom is -0.493 e. The molecule has 13 heteroatoms. The van der Waals surface area contributed by atoms with Gasteiger partial charge in [0.1, 0.15) is 12.4 Å². The van der Waals surface area contributed by atoms with Crippen LogP contribution in [0.5, 0.6) is 17.2 Å². The van der Waals surface area contributed by atoms with Crippen molar-refractivity contribution in [2.24, 2.45) is 4.99 Å². The second kappa shape index (κ2) is 14.6. The van der Waals surface area contributed by atoms with Gasteiger partial charge in [0.15, 0.2) is 16.3 Å².